The molecule has 1 aromatic heterocycles. The van der Waals surface area contributed by atoms with Crippen molar-refractivity contribution in [3.05, 3.63) is 81.4 Å². The Bertz CT molecular complexity index is 2090. The first kappa shape index (κ1) is 51.4. The van der Waals surface area contributed by atoms with Gasteiger partial charge in [-0.1, -0.05) is 12.8 Å². The van der Waals surface area contributed by atoms with Crippen LogP contribution in [0.5, 0.6) is 11.5 Å². The second-order valence-corrected chi connectivity index (χ2v) is 17.0. The molecular weight excluding hydrogens is 875 g/mol. The number of unbranched alkanes of at least 4 members (excludes halogenated alkanes) is 4. The normalized spacial score (nSPS) is 16.3. The van der Waals surface area contributed by atoms with E-state index in [4.69, 9.17) is 20.6 Å². The number of rotatable bonds is 26. The van der Waals surface area contributed by atoms with Crippen LogP contribution in [0.25, 0.3) is 0 Å². The van der Waals surface area contributed by atoms with E-state index in [0.717, 1.165) is 36.7 Å². The van der Waals surface area contributed by atoms with Crippen LogP contribution in [0, 0.1) is 5.41 Å². The molecule has 2 aliphatic heterocycles. The first-order valence-corrected chi connectivity index (χ1v) is 22.2. The Morgan fingerprint density at radius 1 is 0.621 bits per heavy atom. The minimum Gasteiger partial charge on any atom is -0.488 e. The third-order valence-electron chi connectivity index (χ3n) is 11.3. The summed E-state index contributed by atoms with van der Waals surface area (Å²) in [6, 6.07) is 4.27. The highest BCUT2D eigenvalue weighted by Crippen LogP contribution is 2.39. The van der Waals surface area contributed by atoms with Crippen LogP contribution in [-0.2, 0) is 52.4 Å². The van der Waals surface area contributed by atoms with Gasteiger partial charge in [0.05, 0.1) is 17.0 Å². The van der Waals surface area contributed by atoms with Gasteiger partial charge in [0.2, 0.25) is 0 Å². The zero-order chi connectivity index (χ0) is 48.0. The molecule has 358 valence electrons. The van der Waals surface area contributed by atoms with Crippen molar-refractivity contribution in [2.45, 2.75) is 134 Å². The van der Waals surface area contributed by atoms with E-state index in [2.05, 4.69) is 20.6 Å². The topological polar surface area (TPSA) is 204 Å². The van der Waals surface area contributed by atoms with Crippen molar-refractivity contribution in [2.24, 2.45) is 5.73 Å². The van der Waals surface area contributed by atoms with Crippen molar-refractivity contribution >= 4 is 34.8 Å². The van der Waals surface area contributed by atoms with E-state index >= 15 is 0 Å². The summed E-state index contributed by atoms with van der Waals surface area (Å²) in [7, 11) is 0. The van der Waals surface area contributed by atoms with Gasteiger partial charge in [-0.2, -0.15) is 26.3 Å². The van der Waals surface area contributed by atoms with Crippen molar-refractivity contribution in [1.82, 2.24) is 20.6 Å². The average Bonchev–Trinajstić information content (AvgIpc) is 3.97. The van der Waals surface area contributed by atoms with Gasteiger partial charge in [-0.3, -0.25) is 24.6 Å². The van der Waals surface area contributed by atoms with Gasteiger partial charge < -0.3 is 30.6 Å². The van der Waals surface area contributed by atoms with E-state index in [1.165, 1.54) is 6.92 Å². The average molecular weight is 931 g/mol. The fourth-order valence-electron chi connectivity index (χ4n) is 7.93. The van der Waals surface area contributed by atoms with Crippen LogP contribution in [0.4, 0.5) is 26.3 Å². The van der Waals surface area contributed by atoms with Crippen LogP contribution in [-0.4, -0.2) is 83.1 Å². The number of hydrogen-bond acceptors (Lipinski definition) is 12. The lowest BCUT2D eigenvalue weighted by molar-refractivity contribution is -0.138. The first-order valence-electron chi connectivity index (χ1n) is 22.2. The predicted molar refractivity (Wildman–Crippen MR) is 231 cm³/mol. The molecule has 2 aliphatic rings. The van der Waals surface area contributed by atoms with Gasteiger partial charge in [-0.05, 0) is 88.9 Å². The number of ketones is 5. The molecule has 2 fully saturated rings. The lowest BCUT2D eigenvalue weighted by atomic mass is 9.94. The predicted octanol–water partition coefficient (Wildman–Crippen LogP) is 7.50. The van der Waals surface area contributed by atoms with Gasteiger partial charge in [0.1, 0.15) is 58.8 Å². The van der Waals surface area contributed by atoms with Crippen LogP contribution in [0.3, 0.4) is 0 Å². The molecule has 2 saturated heterocycles. The number of carbonyl (C=O) groups is 5. The smallest absolute Gasteiger partial charge is 0.416 e. The maximum absolute atomic E-state index is 14.4. The van der Waals surface area contributed by atoms with Gasteiger partial charge in [0.25, 0.3) is 0 Å². The number of alkyl halides is 6. The van der Waals surface area contributed by atoms with Crippen LogP contribution in [0.2, 0.25) is 0 Å². The lowest BCUT2D eigenvalue weighted by Gasteiger charge is -2.22. The van der Waals surface area contributed by atoms with Crippen molar-refractivity contribution < 1.29 is 59.8 Å². The van der Waals surface area contributed by atoms with E-state index in [-0.39, 0.29) is 81.2 Å². The second-order valence-electron chi connectivity index (χ2n) is 17.0. The molecule has 0 radical (unpaired) electrons. The quantitative estimate of drug-likeness (QED) is 0.0203. The Kier molecular flexibility index (Phi) is 18.5. The van der Waals surface area contributed by atoms with E-state index in [1.807, 2.05) is 0 Å². The number of carbonyl (C=O) groups excluding carboxylic acids is 5. The van der Waals surface area contributed by atoms with E-state index in [9.17, 15) is 50.3 Å². The molecule has 0 saturated carbocycles. The molecule has 19 heteroatoms. The highest BCUT2D eigenvalue weighted by atomic mass is 19.4. The van der Waals surface area contributed by atoms with Gasteiger partial charge in [0, 0.05) is 86.7 Å². The monoisotopic (exact) mass is 930 g/mol. The summed E-state index contributed by atoms with van der Waals surface area (Å²) in [5.74, 6) is -2.44. The number of hydrogen-bond donors (Lipinski definition) is 4. The standard InChI is InChI=1S/C47H56F6N6O7/c1-28(60)8-4-2-5-9-35(61)20-29-16-33(46(48,49)50)18-31(44(29)65-37-12-14-56-25-37)22-41(63)39-24-40(59-27-58-39)42(64)23-32-19-34(47(51,52)53)17-30(45(32)66-38-13-15-57-26-38)21-36(62)10-6-3-7-11-43(54)55/h16-19,24,27,37-38,56-57H,2-15,20-23,25-26H2,1H3,(H3,54,55). The first-order chi connectivity index (χ1) is 31.3. The van der Waals surface area contributed by atoms with E-state index in [0.29, 0.717) is 90.4 Å². The molecule has 3 heterocycles. The molecule has 0 aliphatic carbocycles. The Balaban J connectivity index is 1.42. The van der Waals surface area contributed by atoms with E-state index in [1.54, 1.807) is 0 Å². The van der Waals surface area contributed by atoms with Gasteiger partial charge in [-0.25, -0.2) is 9.97 Å². The Morgan fingerprint density at radius 2 is 1.02 bits per heavy atom. The zero-order valence-electron chi connectivity index (χ0n) is 36.9. The van der Waals surface area contributed by atoms with Crippen molar-refractivity contribution in [3.63, 3.8) is 0 Å². The maximum Gasteiger partial charge on any atom is 0.416 e. The number of benzene rings is 2. The summed E-state index contributed by atoms with van der Waals surface area (Å²) >= 11 is 0. The lowest BCUT2D eigenvalue weighted by Crippen LogP contribution is -2.23. The highest BCUT2D eigenvalue weighted by Gasteiger charge is 2.36. The fourth-order valence-corrected chi connectivity index (χ4v) is 7.93. The molecule has 66 heavy (non-hydrogen) atoms. The van der Waals surface area contributed by atoms with Gasteiger partial charge >= 0.3 is 12.4 Å². The Hall–Kier alpha value is -5.56. The SMILES string of the molecule is CC(=O)CCCCCC(=O)Cc1cc(C(F)(F)F)cc(CC(=O)c2cc(C(=O)Cc3cc(C(F)(F)F)cc(CC(=O)CCCCCC(=N)N)c3OC3CCNC3)ncn2)c1OC1CCNC1. The van der Waals surface area contributed by atoms with E-state index < -0.39 is 72.9 Å². The molecule has 2 unspecified atom stereocenters. The highest BCUT2D eigenvalue weighted by molar-refractivity contribution is 6.01. The summed E-state index contributed by atoms with van der Waals surface area (Å²) in [4.78, 5) is 73.4. The fraction of sp³-hybridized carbons (Fsp3) is 0.532. The summed E-state index contributed by atoms with van der Waals surface area (Å²) in [5, 5.41) is 13.6. The third kappa shape index (κ3) is 15.8. The molecular formula is C47H56F6N6O7. The van der Waals surface area contributed by atoms with Crippen LogP contribution in [0.15, 0.2) is 36.7 Å². The van der Waals surface area contributed by atoms with Crippen LogP contribution < -0.4 is 25.8 Å². The van der Waals surface area contributed by atoms with Gasteiger partial charge in [0.15, 0.2) is 11.6 Å². The number of nitrogens with zero attached hydrogens (tertiary/aromatic N) is 2. The molecule has 2 atom stereocenters. The molecule has 2 aromatic carbocycles. The van der Waals surface area contributed by atoms with Crippen LogP contribution >= 0.6 is 0 Å². The molecule has 0 spiro atoms. The molecule has 5 rings (SSSR count). The largest absolute Gasteiger partial charge is 0.488 e. The number of amidine groups is 1. The van der Waals surface area contributed by atoms with Gasteiger partial charge in [-0.15, -0.1) is 0 Å². The molecule has 0 bridgehead atoms. The minimum absolute atomic E-state index is 0.0119. The Labute approximate surface area is 378 Å². The maximum atomic E-state index is 14.4. The van der Waals surface area contributed by atoms with Crippen molar-refractivity contribution in [2.75, 3.05) is 26.2 Å². The summed E-state index contributed by atoms with van der Waals surface area (Å²) in [5.41, 5.74) is 2.02. The zero-order valence-corrected chi connectivity index (χ0v) is 36.9. The molecule has 5 N–H and O–H groups in total. The summed E-state index contributed by atoms with van der Waals surface area (Å²) in [6.45, 7) is 3.34. The second kappa shape index (κ2) is 23.8. The number of nitrogens with two attached hydrogens (primary N) is 1. The summed E-state index contributed by atoms with van der Waals surface area (Å²) in [6.07, 6.45) is -6.98. The third-order valence-corrected chi connectivity index (χ3v) is 11.3. The number of halogens is 6. The van der Waals surface area contributed by atoms with Crippen molar-refractivity contribution in [1.29, 1.82) is 5.41 Å². The number of nitrogens with one attached hydrogen (secondary N) is 3. The van der Waals surface area contributed by atoms with Crippen LogP contribution in [0.1, 0.15) is 138 Å². The summed E-state index contributed by atoms with van der Waals surface area (Å²) < 4.78 is 98.6. The minimum atomic E-state index is -4.87. The molecule has 0 amide bonds. The number of ether oxygens (including phenoxy) is 2. The molecule has 3 aromatic rings. The Morgan fingerprint density at radius 3 is 1.38 bits per heavy atom. The number of aromatic nitrogens is 2. The number of Topliss-reactive ketones (excluding diaryl/α,β-unsaturated/α-hetero) is 5. The van der Waals surface area contributed by atoms with Crippen molar-refractivity contribution in [3.8, 4) is 11.5 Å². The molecule has 13 nitrogen and oxygen atoms in total.